The van der Waals surface area contributed by atoms with Crippen molar-refractivity contribution < 1.29 is 23.9 Å². The zero-order valence-electron chi connectivity index (χ0n) is 22.0. The van der Waals surface area contributed by atoms with Crippen molar-refractivity contribution in [2.24, 2.45) is 0 Å². The third kappa shape index (κ3) is 5.17. The number of rotatable bonds is 8. The molecular weight excluding hydrogens is 518 g/mol. The Labute approximate surface area is 233 Å². The van der Waals surface area contributed by atoms with E-state index in [0.717, 1.165) is 62.3 Å². The summed E-state index contributed by atoms with van der Waals surface area (Å²) in [6, 6.07) is 11.0. The minimum absolute atomic E-state index is 0.171. The molecule has 4 aliphatic rings. The van der Waals surface area contributed by atoms with Crippen LogP contribution in [0.5, 0.6) is 5.75 Å². The van der Waals surface area contributed by atoms with Crippen LogP contribution < -0.4 is 10.1 Å². The molecule has 1 spiro atoms. The van der Waals surface area contributed by atoms with Crippen LogP contribution in [0, 0.1) is 0 Å². The maximum Gasteiger partial charge on any atom is 0.255 e. The molecule has 8 nitrogen and oxygen atoms in total. The van der Waals surface area contributed by atoms with Crippen LogP contribution in [0.3, 0.4) is 0 Å². The number of unbranched alkanes of at least 4 members (excludes halogenated alkanes) is 2. The lowest BCUT2D eigenvalue weighted by Crippen LogP contribution is -2.52. The number of halogens is 1. The summed E-state index contributed by atoms with van der Waals surface area (Å²) >= 11 is 6.27. The Morgan fingerprint density at radius 3 is 2.74 bits per heavy atom. The molecule has 4 heterocycles. The van der Waals surface area contributed by atoms with Gasteiger partial charge < -0.3 is 19.3 Å². The van der Waals surface area contributed by atoms with E-state index >= 15 is 0 Å². The van der Waals surface area contributed by atoms with Gasteiger partial charge >= 0.3 is 0 Å². The summed E-state index contributed by atoms with van der Waals surface area (Å²) in [6.45, 7) is 4.70. The number of likely N-dealkylation sites (tertiary alicyclic amines) is 1. The maximum atomic E-state index is 13.0. The lowest BCUT2D eigenvalue weighted by molar-refractivity contribution is -0.136. The van der Waals surface area contributed by atoms with Crippen molar-refractivity contribution in [2.45, 2.75) is 69.7 Å². The number of carbonyl (C=O) groups excluding carboxylic acids is 3. The quantitative estimate of drug-likeness (QED) is 0.391. The molecular formula is C30H34ClN3O5. The number of ether oxygens (including phenoxy) is 2. The van der Waals surface area contributed by atoms with Gasteiger partial charge in [0.2, 0.25) is 11.8 Å². The number of fused-ring (bicyclic) bond motifs is 3. The van der Waals surface area contributed by atoms with Crippen molar-refractivity contribution in [1.82, 2.24) is 15.1 Å². The van der Waals surface area contributed by atoms with Gasteiger partial charge in [-0.25, -0.2) is 0 Å². The Balaban J connectivity index is 0.940. The normalized spacial score (nSPS) is 22.2. The maximum absolute atomic E-state index is 13.0. The monoisotopic (exact) mass is 551 g/mol. The first-order chi connectivity index (χ1) is 18.9. The van der Waals surface area contributed by atoms with Gasteiger partial charge in [-0.05, 0) is 80.5 Å². The molecule has 1 atom stereocenters. The minimum atomic E-state index is -0.618. The summed E-state index contributed by atoms with van der Waals surface area (Å²) in [4.78, 5) is 40.9. The average molecular weight is 552 g/mol. The van der Waals surface area contributed by atoms with Crippen molar-refractivity contribution in [3.63, 3.8) is 0 Å². The fourth-order valence-electron chi connectivity index (χ4n) is 6.43. The van der Waals surface area contributed by atoms with Crippen LogP contribution in [-0.2, 0) is 33.1 Å². The topological polar surface area (TPSA) is 88.2 Å². The number of amides is 3. The summed E-state index contributed by atoms with van der Waals surface area (Å²) < 4.78 is 12.4. The Hall–Kier alpha value is -2.94. The van der Waals surface area contributed by atoms with Crippen molar-refractivity contribution in [3.8, 4) is 5.75 Å². The second-order valence-corrected chi connectivity index (χ2v) is 11.5. The van der Waals surface area contributed by atoms with Gasteiger partial charge in [0.15, 0.2) is 0 Å². The van der Waals surface area contributed by atoms with Crippen molar-refractivity contribution >= 4 is 29.3 Å². The second-order valence-electron chi connectivity index (χ2n) is 11.0. The number of imide groups is 1. The average Bonchev–Trinajstić information content (AvgIpc) is 3.45. The van der Waals surface area contributed by atoms with Gasteiger partial charge in [0, 0.05) is 35.7 Å². The molecule has 6 rings (SSSR count). The molecule has 3 amide bonds. The Bertz CT molecular complexity index is 1290. The highest BCUT2D eigenvalue weighted by molar-refractivity contribution is 6.30. The van der Waals surface area contributed by atoms with E-state index in [1.807, 2.05) is 18.2 Å². The molecule has 0 aliphatic carbocycles. The third-order valence-electron chi connectivity index (χ3n) is 8.65. The minimum Gasteiger partial charge on any atom is -0.493 e. The molecule has 2 saturated heterocycles. The van der Waals surface area contributed by atoms with Crippen LogP contribution in [0.1, 0.15) is 72.0 Å². The fraction of sp³-hybridized carbons (Fsp3) is 0.500. The standard InChI is InChI=1S/C30H34ClN3O5/c31-21-8-7-20-19-39-30(24(20)17-21)11-14-33(15-12-30)13-2-1-3-16-38-26-6-4-5-22-23(26)18-34(29(22)37)25-9-10-27(35)32-28(25)36/h4-8,17,25H,1-3,9-16,18-19H2,(H,32,35,36). The fourth-order valence-corrected chi connectivity index (χ4v) is 6.60. The second kappa shape index (κ2) is 10.9. The van der Waals surface area contributed by atoms with Gasteiger partial charge in [0.1, 0.15) is 11.8 Å². The van der Waals surface area contributed by atoms with Gasteiger partial charge in [-0.2, -0.15) is 0 Å². The third-order valence-corrected chi connectivity index (χ3v) is 8.88. The van der Waals surface area contributed by atoms with E-state index in [-0.39, 0.29) is 23.8 Å². The molecule has 0 saturated carbocycles. The molecule has 0 radical (unpaired) electrons. The first-order valence-electron chi connectivity index (χ1n) is 14.0. The molecule has 4 aliphatic heterocycles. The predicted molar refractivity (Wildman–Crippen MR) is 145 cm³/mol. The molecule has 39 heavy (non-hydrogen) atoms. The van der Waals surface area contributed by atoms with Crippen molar-refractivity contribution in [3.05, 3.63) is 63.7 Å². The Morgan fingerprint density at radius 1 is 1.08 bits per heavy atom. The molecule has 206 valence electrons. The molecule has 2 aromatic carbocycles. The number of hydrogen-bond donors (Lipinski definition) is 1. The van der Waals surface area contributed by atoms with Gasteiger partial charge in [0.05, 0.1) is 25.4 Å². The first-order valence-corrected chi connectivity index (χ1v) is 14.4. The lowest BCUT2D eigenvalue weighted by Gasteiger charge is -2.39. The van der Waals surface area contributed by atoms with Crippen LogP contribution in [0.25, 0.3) is 0 Å². The van der Waals surface area contributed by atoms with Crippen molar-refractivity contribution in [1.29, 1.82) is 0 Å². The van der Waals surface area contributed by atoms with Gasteiger partial charge in [-0.1, -0.05) is 23.7 Å². The van der Waals surface area contributed by atoms with Crippen LogP contribution in [0.15, 0.2) is 36.4 Å². The van der Waals surface area contributed by atoms with E-state index in [9.17, 15) is 14.4 Å². The van der Waals surface area contributed by atoms with E-state index in [4.69, 9.17) is 21.1 Å². The highest BCUT2D eigenvalue weighted by atomic mass is 35.5. The Morgan fingerprint density at radius 2 is 1.92 bits per heavy atom. The number of hydrogen-bond acceptors (Lipinski definition) is 6. The largest absolute Gasteiger partial charge is 0.493 e. The highest BCUT2D eigenvalue weighted by Gasteiger charge is 2.43. The first kappa shape index (κ1) is 26.3. The van der Waals surface area contributed by atoms with Crippen LogP contribution >= 0.6 is 11.6 Å². The summed E-state index contributed by atoms with van der Waals surface area (Å²) in [5.41, 5.74) is 3.78. The molecule has 2 aromatic rings. The number of piperidine rings is 2. The van der Waals surface area contributed by atoms with Gasteiger partial charge in [-0.3, -0.25) is 19.7 Å². The van der Waals surface area contributed by atoms with Gasteiger partial charge in [-0.15, -0.1) is 0 Å². The van der Waals surface area contributed by atoms with E-state index in [1.54, 1.807) is 11.0 Å². The number of nitrogens with one attached hydrogen (secondary N) is 1. The molecule has 1 unspecified atom stereocenters. The summed E-state index contributed by atoms with van der Waals surface area (Å²) in [6.07, 6.45) is 5.69. The van der Waals surface area contributed by atoms with Crippen LogP contribution in [-0.4, -0.2) is 59.8 Å². The lowest BCUT2D eigenvalue weighted by atomic mass is 9.84. The molecule has 0 bridgehead atoms. The van der Waals surface area contributed by atoms with E-state index in [1.165, 1.54) is 11.1 Å². The van der Waals surface area contributed by atoms with Crippen LogP contribution in [0.4, 0.5) is 0 Å². The summed E-state index contributed by atoms with van der Waals surface area (Å²) in [5.74, 6) is -0.159. The summed E-state index contributed by atoms with van der Waals surface area (Å²) in [5, 5.41) is 3.13. The molecule has 2 fully saturated rings. The van der Waals surface area contributed by atoms with Crippen molar-refractivity contribution in [2.75, 3.05) is 26.2 Å². The number of nitrogens with zero attached hydrogens (tertiary/aromatic N) is 2. The predicted octanol–water partition coefficient (Wildman–Crippen LogP) is 4.17. The molecule has 1 N–H and O–H groups in total. The molecule has 0 aromatic heterocycles. The van der Waals surface area contributed by atoms with E-state index < -0.39 is 11.9 Å². The number of carbonyl (C=O) groups is 3. The Kier molecular flexibility index (Phi) is 7.35. The zero-order valence-corrected chi connectivity index (χ0v) is 22.8. The highest BCUT2D eigenvalue weighted by Crippen LogP contribution is 2.45. The van der Waals surface area contributed by atoms with E-state index in [0.29, 0.717) is 37.5 Å². The van der Waals surface area contributed by atoms with Crippen LogP contribution in [0.2, 0.25) is 5.02 Å². The van der Waals surface area contributed by atoms with Gasteiger partial charge in [0.25, 0.3) is 5.91 Å². The number of benzene rings is 2. The zero-order chi connectivity index (χ0) is 27.0. The van der Waals surface area contributed by atoms with E-state index in [2.05, 4.69) is 22.3 Å². The summed E-state index contributed by atoms with van der Waals surface area (Å²) in [7, 11) is 0. The SMILES string of the molecule is O=C1CCC(N2Cc3c(OCCCCCN4CCC5(CC4)OCc4ccc(Cl)cc45)cccc3C2=O)C(=O)N1. The smallest absolute Gasteiger partial charge is 0.255 e. The molecule has 9 heteroatoms.